The molecule has 0 N–H and O–H groups in total. The van der Waals surface area contributed by atoms with E-state index in [1.165, 1.54) is 0 Å². The molecule has 0 heterocycles. The standard InChI is InChI=1S/C18H20O3/c1-2-3-13-20-14-18(19)21-17-11-9-16(10-12-17)15-7-5-4-6-8-15/h4-12H,2-3,13-14H2,1H3. The number of carbonyl (C=O) groups is 1. The van der Waals surface area contributed by atoms with Crippen LogP contribution in [-0.2, 0) is 9.53 Å². The molecule has 0 saturated carbocycles. The van der Waals surface area contributed by atoms with Gasteiger partial charge in [-0.15, -0.1) is 0 Å². The van der Waals surface area contributed by atoms with Gasteiger partial charge in [-0.05, 0) is 29.7 Å². The molecule has 0 atom stereocenters. The van der Waals surface area contributed by atoms with Crippen molar-refractivity contribution >= 4 is 5.97 Å². The SMILES string of the molecule is CCCCOCC(=O)Oc1ccc(-c2ccccc2)cc1. The third-order valence-electron chi connectivity index (χ3n) is 3.06. The van der Waals surface area contributed by atoms with Crippen molar-refractivity contribution in [3.63, 3.8) is 0 Å². The van der Waals surface area contributed by atoms with E-state index in [-0.39, 0.29) is 12.6 Å². The van der Waals surface area contributed by atoms with Crippen LogP contribution in [0.25, 0.3) is 11.1 Å². The summed E-state index contributed by atoms with van der Waals surface area (Å²) < 4.78 is 10.4. The van der Waals surface area contributed by atoms with Crippen LogP contribution >= 0.6 is 0 Å². The van der Waals surface area contributed by atoms with E-state index in [0.29, 0.717) is 12.4 Å². The normalized spacial score (nSPS) is 10.3. The minimum absolute atomic E-state index is 0.000433. The van der Waals surface area contributed by atoms with Crippen LogP contribution < -0.4 is 4.74 Å². The van der Waals surface area contributed by atoms with Crippen LogP contribution in [0.2, 0.25) is 0 Å². The summed E-state index contributed by atoms with van der Waals surface area (Å²) in [6.45, 7) is 2.68. The lowest BCUT2D eigenvalue weighted by atomic mass is 10.1. The van der Waals surface area contributed by atoms with E-state index in [1.807, 2.05) is 42.5 Å². The molecule has 3 nitrogen and oxygen atoms in total. The minimum Gasteiger partial charge on any atom is -0.425 e. The van der Waals surface area contributed by atoms with Crippen molar-refractivity contribution in [2.75, 3.05) is 13.2 Å². The second kappa shape index (κ2) is 8.22. The fourth-order valence-corrected chi connectivity index (χ4v) is 1.91. The predicted octanol–water partition coefficient (Wildman–Crippen LogP) is 4.08. The Labute approximate surface area is 125 Å². The largest absolute Gasteiger partial charge is 0.425 e. The highest BCUT2D eigenvalue weighted by atomic mass is 16.6. The van der Waals surface area contributed by atoms with Gasteiger partial charge in [-0.25, -0.2) is 4.79 Å². The first-order chi connectivity index (χ1) is 10.3. The third kappa shape index (κ3) is 5.04. The highest BCUT2D eigenvalue weighted by Gasteiger charge is 2.05. The van der Waals surface area contributed by atoms with E-state index < -0.39 is 0 Å². The summed E-state index contributed by atoms with van der Waals surface area (Å²) in [7, 11) is 0. The van der Waals surface area contributed by atoms with Crippen LogP contribution in [0.3, 0.4) is 0 Å². The van der Waals surface area contributed by atoms with Gasteiger partial charge in [0.25, 0.3) is 0 Å². The quantitative estimate of drug-likeness (QED) is 0.436. The molecular formula is C18H20O3. The number of unbranched alkanes of at least 4 members (excludes halogenated alkanes) is 1. The van der Waals surface area contributed by atoms with Gasteiger partial charge in [-0.1, -0.05) is 55.8 Å². The number of ether oxygens (including phenoxy) is 2. The number of benzene rings is 2. The molecule has 0 bridgehead atoms. The van der Waals surface area contributed by atoms with Crippen molar-refractivity contribution in [3.05, 3.63) is 54.6 Å². The molecule has 0 aliphatic carbocycles. The summed E-state index contributed by atoms with van der Waals surface area (Å²) in [5.41, 5.74) is 2.23. The van der Waals surface area contributed by atoms with Crippen LogP contribution in [0.4, 0.5) is 0 Å². The van der Waals surface area contributed by atoms with Crippen LogP contribution in [0.1, 0.15) is 19.8 Å². The maximum absolute atomic E-state index is 11.6. The summed E-state index contributed by atoms with van der Waals surface area (Å²) >= 11 is 0. The van der Waals surface area contributed by atoms with Crippen molar-refractivity contribution < 1.29 is 14.3 Å². The summed E-state index contributed by atoms with van der Waals surface area (Å²) in [5, 5.41) is 0. The van der Waals surface area contributed by atoms with E-state index >= 15 is 0 Å². The lowest BCUT2D eigenvalue weighted by molar-refractivity contribution is -0.139. The zero-order valence-electron chi connectivity index (χ0n) is 12.2. The first kappa shape index (κ1) is 15.3. The number of carbonyl (C=O) groups excluding carboxylic acids is 1. The van der Waals surface area contributed by atoms with E-state index in [2.05, 4.69) is 6.92 Å². The molecule has 0 aromatic heterocycles. The fraction of sp³-hybridized carbons (Fsp3) is 0.278. The monoisotopic (exact) mass is 284 g/mol. The first-order valence-electron chi connectivity index (χ1n) is 7.23. The molecule has 3 heteroatoms. The van der Waals surface area contributed by atoms with Crippen LogP contribution in [0.5, 0.6) is 5.75 Å². The average molecular weight is 284 g/mol. The highest BCUT2D eigenvalue weighted by Crippen LogP contribution is 2.22. The Morgan fingerprint density at radius 3 is 2.29 bits per heavy atom. The molecule has 110 valence electrons. The molecule has 0 aliphatic heterocycles. The summed E-state index contributed by atoms with van der Waals surface area (Å²) in [5.74, 6) is 0.178. The third-order valence-corrected chi connectivity index (χ3v) is 3.06. The van der Waals surface area contributed by atoms with Crippen molar-refractivity contribution in [2.24, 2.45) is 0 Å². The number of hydrogen-bond acceptors (Lipinski definition) is 3. The topological polar surface area (TPSA) is 35.5 Å². The summed E-state index contributed by atoms with van der Waals surface area (Å²) in [6.07, 6.45) is 2.01. The summed E-state index contributed by atoms with van der Waals surface area (Å²) in [4.78, 5) is 11.6. The first-order valence-corrected chi connectivity index (χ1v) is 7.23. The molecule has 2 aromatic rings. The van der Waals surface area contributed by atoms with Crippen LogP contribution in [0, 0.1) is 0 Å². The van der Waals surface area contributed by atoms with Gasteiger partial charge in [0, 0.05) is 6.61 Å². The average Bonchev–Trinajstić information content (AvgIpc) is 2.53. The van der Waals surface area contributed by atoms with Crippen molar-refractivity contribution in [1.82, 2.24) is 0 Å². The molecule has 0 fully saturated rings. The second-order valence-electron chi connectivity index (χ2n) is 4.77. The van der Waals surface area contributed by atoms with Gasteiger partial charge in [0.15, 0.2) is 0 Å². The molecule has 0 saturated heterocycles. The Balaban J connectivity index is 1.86. The van der Waals surface area contributed by atoms with Gasteiger partial charge in [0.1, 0.15) is 12.4 Å². The Morgan fingerprint density at radius 2 is 1.62 bits per heavy atom. The molecule has 2 rings (SSSR count). The van der Waals surface area contributed by atoms with Crippen molar-refractivity contribution in [1.29, 1.82) is 0 Å². The Morgan fingerprint density at radius 1 is 0.952 bits per heavy atom. The summed E-state index contributed by atoms with van der Waals surface area (Å²) in [6, 6.07) is 17.5. The van der Waals surface area contributed by atoms with Gasteiger partial charge in [-0.2, -0.15) is 0 Å². The maximum Gasteiger partial charge on any atom is 0.337 e. The smallest absolute Gasteiger partial charge is 0.337 e. The molecule has 2 aromatic carbocycles. The van der Waals surface area contributed by atoms with Crippen molar-refractivity contribution in [3.8, 4) is 16.9 Å². The van der Waals surface area contributed by atoms with Gasteiger partial charge in [0.2, 0.25) is 0 Å². The fourth-order valence-electron chi connectivity index (χ4n) is 1.91. The van der Waals surface area contributed by atoms with Gasteiger partial charge >= 0.3 is 5.97 Å². The number of hydrogen-bond donors (Lipinski definition) is 0. The van der Waals surface area contributed by atoms with E-state index in [9.17, 15) is 4.79 Å². The Kier molecular flexibility index (Phi) is 5.98. The van der Waals surface area contributed by atoms with Gasteiger partial charge in [-0.3, -0.25) is 0 Å². The molecule has 0 unspecified atom stereocenters. The maximum atomic E-state index is 11.6. The lowest BCUT2D eigenvalue weighted by Crippen LogP contribution is -2.16. The minimum atomic E-state index is -0.362. The molecular weight excluding hydrogens is 264 g/mol. The zero-order chi connectivity index (χ0) is 14.9. The number of esters is 1. The second-order valence-corrected chi connectivity index (χ2v) is 4.77. The van der Waals surface area contributed by atoms with E-state index in [4.69, 9.17) is 9.47 Å². The molecule has 0 spiro atoms. The van der Waals surface area contributed by atoms with E-state index in [1.54, 1.807) is 12.1 Å². The Bertz CT molecular complexity index is 546. The van der Waals surface area contributed by atoms with Crippen LogP contribution in [-0.4, -0.2) is 19.2 Å². The van der Waals surface area contributed by atoms with E-state index in [0.717, 1.165) is 24.0 Å². The molecule has 21 heavy (non-hydrogen) atoms. The zero-order valence-corrected chi connectivity index (χ0v) is 12.2. The van der Waals surface area contributed by atoms with Crippen LogP contribution in [0.15, 0.2) is 54.6 Å². The molecule has 0 amide bonds. The van der Waals surface area contributed by atoms with Gasteiger partial charge < -0.3 is 9.47 Å². The Hall–Kier alpha value is -2.13. The predicted molar refractivity (Wildman–Crippen MR) is 83.2 cm³/mol. The van der Waals surface area contributed by atoms with Crippen molar-refractivity contribution in [2.45, 2.75) is 19.8 Å². The number of rotatable bonds is 7. The highest BCUT2D eigenvalue weighted by molar-refractivity contribution is 5.74. The van der Waals surface area contributed by atoms with Gasteiger partial charge in [0.05, 0.1) is 0 Å². The lowest BCUT2D eigenvalue weighted by Gasteiger charge is -2.06. The molecule has 0 radical (unpaired) electrons. The molecule has 0 aliphatic rings.